The fourth-order valence-electron chi connectivity index (χ4n) is 4.15. The molecule has 2 N–H and O–H groups in total. The first-order valence-electron chi connectivity index (χ1n) is 7.99. The Kier molecular flexibility index (Phi) is 3.61. The summed E-state index contributed by atoms with van der Waals surface area (Å²) in [6, 6.07) is 0.100. The number of nitrogens with two attached hydrogens (primary N) is 1. The van der Waals surface area contributed by atoms with Crippen LogP contribution >= 0.6 is 0 Å². The van der Waals surface area contributed by atoms with Crippen LogP contribution in [0, 0.1) is 17.3 Å². The fraction of sp³-hybridized carbons (Fsp3) is 0.875. The van der Waals surface area contributed by atoms with Crippen molar-refractivity contribution in [3.63, 3.8) is 0 Å². The van der Waals surface area contributed by atoms with Crippen molar-refractivity contribution in [3.05, 3.63) is 11.7 Å². The van der Waals surface area contributed by atoms with Gasteiger partial charge in [-0.25, -0.2) is 0 Å². The molecule has 1 heterocycles. The van der Waals surface area contributed by atoms with Crippen LogP contribution in [0.1, 0.15) is 70.5 Å². The minimum absolute atomic E-state index is 0.100. The van der Waals surface area contributed by atoms with E-state index in [9.17, 15) is 0 Å². The molecule has 2 saturated carbocycles. The molecule has 0 spiro atoms. The summed E-state index contributed by atoms with van der Waals surface area (Å²) in [5.41, 5.74) is 6.43. The maximum atomic E-state index is 6.19. The van der Waals surface area contributed by atoms with Crippen LogP contribution in [0.3, 0.4) is 0 Å². The van der Waals surface area contributed by atoms with Crippen molar-refractivity contribution < 1.29 is 4.52 Å². The lowest BCUT2D eigenvalue weighted by Crippen LogP contribution is -2.28. The van der Waals surface area contributed by atoms with Crippen LogP contribution in [-0.4, -0.2) is 16.2 Å². The lowest BCUT2D eigenvalue weighted by Gasteiger charge is -2.22. The highest BCUT2D eigenvalue weighted by Crippen LogP contribution is 2.52. The highest BCUT2D eigenvalue weighted by Gasteiger charge is 2.42. The summed E-state index contributed by atoms with van der Waals surface area (Å²) in [4.78, 5) is 4.62. The van der Waals surface area contributed by atoms with Gasteiger partial charge >= 0.3 is 0 Å². The Morgan fingerprint density at radius 2 is 2.10 bits per heavy atom. The summed E-state index contributed by atoms with van der Waals surface area (Å²) in [5.74, 6) is 3.92. The SMILES string of the molecule is CC(C)(C)CC(N)Cc1nc(C2CC3CCC2C3)no1. The molecular formula is C16H27N3O. The Labute approximate surface area is 121 Å². The summed E-state index contributed by atoms with van der Waals surface area (Å²) < 4.78 is 5.43. The van der Waals surface area contributed by atoms with Crippen LogP contribution < -0.4 is 5.73 Å². The van der Waals surface area contributed by atoms with Crippen molar-refractivity contribution in [2.24, 2.45) is 23.0 Å². The van der Waals surface area contributed by atoms with Gasteiger partial charge in [-0.15, -0.1) is 0 Å². The number of aromatic nitrogens is 2. The van der Waals surface area contributed by atoms with Gasteiger partial charge < -0.3 is 10.3 Å². The summed E-state index contributed by atoms with van der Waals surface area (Å²) in [5, 5.41) is 4.22. The first-order valence-corrected chi connectivity index (χ1v) is 7.99. The summed E-state index contributed by atoms with van der Waals surface area (Å²) in [6.45, 7) is 6.63. The van der Waals surface area contributed by atoms with Crippen molar-refractivity contribution in [3.8, 4) is 0 Å². The molecule has 2 bridgehead atoms. The molecule has 1 aromatic heterocycles. The van der Waals surface area contributed by atoms with E-state index in [1.165, 1.54) is 25.7 Å². The van der Waals surface area contributed by atoms with Gasteiger partial charge in [0.2, 0.25) is 5.89 Å². The number of hydrogen-bond acceptors (Lipinski definition) is 4. The van der Waals surface area contributed by atoms with Crippen LogP contribution in [0.25, 0.3) is 0 Å². The predicted octanol–water partition coefficient (Wildman–Crippen LogP) is 3.28. The molecule has 20 heavy (non-hydrogen) atoms. The van der Waals surface area contributed by atoms with Gasteiger partial charge in [0.05, 0.1) is 0 Å². The average molecular weight is 277 g/mol. The van der Waals surface area contributed by atoms with E-state index in [-0.39, 0.29) is 11.5 Å². The topological polar surface area (TPSA) is 64.9 Å². The molecule has 0 aliphatic heterocycles. The number of rotatable bonds is 4. The lowest BCUT2D eigenvalue weighted by atomic mass is 9.87. The van der Waals surface area contributed by atoms with Gasteiger partial charge in [-0.2, -0.15) is 4.98 Å². The van der Waals surface area contributed by atoms with Crippen molar-refractivity contribution in [2.45, 2.75) is 71.3 Å². The van der Waals surface area contributed by atoms with Gasteiger partial charge in [0, 0.05) is 18.4 Å². The first-order chi connectivity index (χ1) is 9.40. The Balaban J connectivity index is 1.60. The van der Waals surface area contributed by atoms with E-state index in [1.54, 1.807) is 0 Å². The van der Waals surface area contributed by atoms with E-state index in [2.05, 4.69) is 30.9 Å². The zero-order chi connectivity index (χ0) is 14.3. The predicted molar refractivity (Wildman–Crippen MR) is 78.2 cm³/mol. The molecule has 4 atom stereocenters. The molecular weight excluding hydrogens is 250 g/mol. The standard InChI is InChI=1S/C16H27N3O/c1-16(2,3)9-12(17)8-14-18-15(19-20-14)13-7-10-4-5-11(13)6-10/h10-13H,4-9,17H2,1-3H3. The molecule has 2 aliphatic carbocycles. The molecule has 0 radical (unpaired) electrons. The first kappa shape index (κ1) is 14.1. The van der Waals surface area contributed by atoms with E-state index < -0.39 is 0 Å². The van der Waals surface area contributed by atoms with Crippen molar-refractivity contribution in [1.82, 2.24) is 10.1 Å². The van der Waals surface area contributed by atoms with E-state index in [4.69, 9.17) is 10.3 Å². The molecule has 0 saturated heterocycles. The third-order valence-corrected chi connectivity index (χ3v) is 4.86. The second-order valence-electron chi connectivity index (χ2n) is 8.06. The molecule has 1 aromatic rings. The Bertz CT molecular complexity index is 463. The highest BCUT2D eigenvalue weighted by molar-refractivity contribution is 5.06. The van der Waals surface area contributed by atoms with Gasteiger partial charge in [0.1, 0.15) is 0 Å². The number of hydrogen-bond donors (Lipinski definition) is 1. The van der Waals surface area contributed by atoms with Crippen molar-refractivity contribution >= 4 is 0 Å². The van der Waals surface area contributed by atoms with Crippen LogP contribution in [0.5, 0.6) is 0 Å². The van der Waals surface area contributed by atoms with Gasteiger partial charge in [0.25, 0.3) is 0 Å². The zero-order valence-electron chi connectivity index (χ0n) is 12.9. The van der Waals surface area contributed by atoms with Gasteiger partial charge in [-0.3, -0.25) is 0 Å². The molecule has 112 valence electrons. The largest absolute Gasteiger partial charge is 0.339 e. The highest BCUT2D eigenvalue weighted by atomic mass is 16.5. The zero-order valence-corrected chi connectivity index (χ0v) is 12.9. The third kappa shape index (κ3) is 3.05. The molecule has 2 aliphatic rings. The minimum Gasteiger partial charge on any atom is -0.339 e. The van der Waals surface area contributed by atoms with Crippen LogP contribution in [0.4, 0.5) is 0 Å². The normalized spacial score (nSPS) is 30.9. The minimum atomic E-state index is 0.100. The second-order valence-corrected chi connectivity index (χ2v) is 8.06. The maximum Gasteiger partial charge on any atom is 0.228 e. The molecule has 0 amide bonds. The number of nitrogens with zero attached hydrogens (tertiary/aromatic N) is 2. The van der Waals surface area contributed by atoms with Crippen LogP contribution in [-0.2, 0) is 6.42 Å². The summed E-state index contributed by atoms with van der Waals surface area (Å²) >= 11 is 0. The summed E-state index contributed by atoms with van der Waals surface area (Å²) in [7, 11) is 0. The Hall–Kier alpha value is -0.900. The van der Waals surface area contributed by atoms with Gasteiger partial charge in [-0.05, 0) is 42.9 Å². The molecule has 3 rings (SSSR count). The van der Waals surface area contributed by atoms with Crippen LogP contribution in [0.15, 0.2) is 4.52 Å². The Morgan fingerprint density at radius 1 is 1.30 bits per heavy atom. The maximum absolute atomic E-state index is 6.19. The van der Waals surface area contributed by atoms with E-state index in [0.717, 1.165) is 30.0 Å². The Morgan fingerprint density at radius 3 is 2.70 bits per heavy atom. The van der Waals surface area contributed by atoms with E-state index in [0.29, 0.717) is 12.3 Å². The number of fused-ring (bicyclic) bond motifs is 2. The summed E-state index contributed by atoms with van der Waals surface area (Å²) in [6.07, 6.45) is 7.06. The molecule has 2 fully saturated rings. The molecule has 4 unspecified atom stereocenters. The van der Waals surface area contributed by atoms with Gasteiger partial charge in [-0.1, -0.05) is 32.3 Å². The quantitative estimate of drug-likeness (QED) is 0.917. The molecule has 0 aromatic carbocycles. The molecule has 4 heteroatoms. The van der Waals surface area contributed by atoms with Gasteiger partial charge in [0.15, 0.2) is 5.82 Å². The smallest absolute Gasteiger partial charge is 0.228 e. The van der Waals surface area contributed by atoms with Crippen molar-refractivity contribution in [2.75, 3.05) is 0 Å². The molecule has 4 nitrogen and oxygen atoms in total. The second kappa shape index (κ2) is 5.14. The fourth-order valence-corrected chi connectivity index (χ4v) is 4.15. The lowest BCUT2D eigenvalue weighted by molar-refractivity contribution is 0.310. The monoisotopic (exact) mass is 277 g/mol. The van der Waals surface area contributed by atoms with E-state index >= 15 is 0 Å². The van der Waals surface area contributed by atoms with Crippen LogP contribution in [0.2, 0.25) is 0 Å². The average Bonchev–Trinajstić information content (AvgIpc) is 2.99. The van der Waals surface area contributed by atoms with Crippen molar-refractivity contribution in [1.29, 1.82) is 0 Å². The third-order valence-electron chi connectivity index (χ3n) is 4.86. The van der Waals surface area contributed by atoms with E-state index in [1.807, 2.05) is 0 Å².